The monoisotopic (exact) mass is 238 g/mol. The number of hydrogen-bond acceptors (Lipinski definition) is 1. The van der Waals surface area contributed by atoms with Gasteiger partial charge in [-0.3, -0.25) is 0 Å². The second-order valence-corrected chi connectivity index (χ2v) is 4.70. The summed E-state index contributed by atoms with van der Waals surface area (Å²) in [6.45, 7) is 6.43. The molecule has 0 aromatic heterocycles. The van der Waals surface area contributed by atoms with E-state index >= 15 is 0 Å². The average Bonchev–Trinajstić information content (AvgIpc) is 2.35. The lowest BCUT2D eigenvalue weighted by atomic mass is 10.00. The summed E-state index contributed by atoms with van der Waals surface area (Å²) in [7, 11) is 0. The lowest BCUT2D eigenvalue weighted by molar-refractivity contribution is 0.475. The van der Waals surface area contributed by atoms with Crippen molar-refractivity contribution in [3.8, 4) is 5.75 Å². The van der Waals surface area contributed by atoms with Crippen LogP contribution in [-0.2, 0) is 0 Å². The summed E-state index contributed by atoms with van der Waals surface area (Å²) in [6, 6.07) is 11.6. The topological polar surface area (TPSA) is 20.2 Å². The quantitative estimate of drug-likeness (QED) is 0.764. The number of hydrogen-bond donors (Lipinski definition) is 1. The largest absolute Gasteiger partial charge is 0.508 e. The van der Waals surface area contributed by atoms with Crippen LogP contribution in [0.2, 0.25) is 0 Å². The van der Waals surface area contributed by atoms with Gasteiger partial charge in [-0.05, 0) is 60.7 Å². The molecule has 2 rings (SSSR count). The van der Waals surface area contributed by atoms with Gasteiger partial charge < -0.3 is 5.11 Å². The van der Waals surface area contributed by atoms with Crippen molar-refractivity contribution in [2.45, 2.75) is 20.8 Å². The molecule has 0 spiro atoms. The zero-order chi connectivity index (χ0) is 13.1. The Bertz CT molecular complexity index is 554. The van der Waals surface area contributed by atoms with Crippen molar-refractivity contribution in [2.24, 2.45) is 0 Å². The highest BCUT2D eigenvalue weighted by Gasteiger charge is 1.98. The summed E-state index contributed by atoms with van der Waals surface area (Å²) in [6.07, 6.45) is 4.16. The van der Waals surface area contributed by atoms with Crippen LogP contribution in [0.5, 0.6) is 5.75 Å². The maximum Gasteiger partial charge on any atom is 0.115 e. The van der Waals surface area contributed by atoms with Gasteiger partial charge in [0, 0.05) is 0 Å². The second-order valence-electron chi connectivity index (χ2n) is 4.70. The molecule has 0 bridgehead atoms. The molecule has 2 aromatic carbocycles. The molecule has 1 nitrogen and oxygen atoms in total. The van der Waals surface area contributed by atoms with Crippen molar-refractivity contribution in [2.75, 3.05) is 0 Å². The Morgan fingerprint density at radius 2 is 1.28 bits per heavy atom. The molecule has 92 valence electrons. The van der Waals surface area contributed by atoms with Crippen LogP contribution in [0.15, 0.2) is 36.4 Å². The molecule has 1 N–H and O–H groups in total. The first kappa shape index (κ1) is 12.4. The van der Waals surface area contributed by atoms with Crippen molar-refractivity contribution in [3.05, 3.63) is 64.2 Å². The summed E-state index contributed by atoms with van der Waals surface area (Å²) in [5.74, 6) is 0.300. The first-order valence-electron chi connectivity index (χ1n) is 6.11. The summed E-state index contributed by atoms with van der Waals surface area (Å²) < 4.78 is 0. The van der Waals surface area contributed by atoms with Crippen molar-refractivity contribution in [1.82, 2.24) is 0 Å². The van der Waals surface area contributed by atoms with Gasteiger partial charge in [-0.25, -0.2) is 0 Å². The van der Waals surface area contributed by atoms with Crippen LogP contribution in [0.4, 0.5) is 0 Å². The Hall–Kier alpha value is -2.02. The van der Waals surface area contributed by atoms with Gasteiger partial charge in [0.15, 0.2) is 0 Å². The fraction of sp³-hybridized carbons (Fsp3) is 0.176. The molecule has 0 aliphatic carbocycles. The van der Waals surface area contributed by atoms with Gasteiger partial charge in [0.2, 0.25) is 0 Å². The van der Waals surface area contributed by atoms with Gasteiger partial charge in [0.05, 0.1) is 0 Å². The predicted molar refractivity (Wildman–Crippen MR) is 77.7 cm³/mol. The Kier molecular flexibility index (Phi) is 3.52. The number of aryl methyl sites for hydroxylation is 2. The molecule has 0 unspecified atom stereocenters. The molecular formula is C17H18O. The highest BCUT2D eigenvalue weighted by atomic mass is 16.3. The first-order chi connectivity index (χ1) is 8.56. The van der Waals surface area contributed by atoms with E-state index in [4.69, 9.17) is 0 Å². The van der Waals surface area contributed by atoms with Crippen LogP contribution in [0.3, 0.4) is 0 Å². The van der Waals surface area contributed by atoms with Crippen molar-refractivity contribution >= 4 is 12.2 Å². The Labute approximate surface area is 108 Å². The molecule has 0 amide bonds. The first-order valence-corrected chi connectivity index (χ1v) is 6.11. The van der Waals surface area contributed by atoms with Crippen LogP contribution in [0.25, 0.3) is 12.2 Å². The fourth-order valence-electron chi connectivity index (χ4n) is 1.94. The highest BCUT2D eigenvalue weighted by Crippen LogP contribution is 2.18. The Balaban J connectivity index is 2.26. The van der Waals surface area contributed by atoms with E-state index in [0.29, 0.717) is 5.75 Å². The van der Waals surface area contributed by atoms with Crippen molar-refractivity contribution < 1.29 is 5.11 Å². The molecule has 0 heterocycles. The number of aromatic hydroxyl groups is 1. The van der Waals surface area contributed by atoms with E-state index in [9.17, 15) is 5.11 Å². The lowest BCUT2D eigenvalue weighted by Crippen LogP contribution is -1.87. The van der Waals surface area contributed by atoms with Gasteiger partial charge in [-0.1, -0.05) is 36.4 Å². The van der Waals surface area contributed by atoms with E-state index < -0.39 is 0 Å². The maximum absolute atomic E-state index is 9.22. The van der Waals surface area contributed by atoms with E-state index in [1.165, 1.54) is 22.3 Å². The molecule has 1 heteroatoms. The number of phenols is 1. The SMILES string of the molecule is Cc1cc(/C=C/c2ccc(O)cc2)cc(C)c1C. The number of benzene rings is 2. The molecule has 0 saturated carbocycles. The van der Waals surface area contributed by atoms with Gasteiger partial charge in [0.1, 0.15) is 5.75 Å². The third-order valence-corrected chi connectivity index (χ3v) is 3.31. The van der Waals surface area contributed by atoms with Gasteiger partial charge in [-0.15, -0.1) is 0 Å². The van der Waals surface area contributed by atoms with Crippen LogP contribution < -0.4 is 0 Å². The number of rotatable bonds is 2. The smallest absolute Gasteiger partial charge is 0.115 e. The molecular weight excluding hydrogens is 220 g/mol. The minimum absolute atomic E-state index is 0.300. The Morgan fingerprint density at radius 3 is 1.83 bits per heavy atom. The summed E-state index contributed by atoms with van der Waals surface area (Å²) in [4.78, 5) is 0. The summed E-state index contributed by atoms with van der Waals surface area (Å²) >= 11 is 0. The lowest BCUT2D eigenvalue weighted by Gasteiger charge is -2.06. The molecule has 0 aliphatic heterocycles. The normalized spacial score (nSPS) is 11.1. The van der Waals surface area contributed by atoms with E-state index in [2.05, 4.69) is 45.1 Å². The van der Waals surface area contributed by atoms with Crippen molar-refractivity contribution in [3.63, 3.8) is 0 Å². The van der Waals surface area contributed by atoms with Crippen LogP contribution in [-0.4, -0.2) is 5.11 Å². The van der Waals surface area contributed by atoms with Crippen LogP contribution >= 0.6 is 0 Å². The second kappa shape index (κ2) is 5.09. The minimum atomic E-state index is 0.300. The van der Waals surface area contributed by atoms with Gasteiger partial charge in [-0.2, -0.15) is 0 Å². The van der Waals surface area contributed by atoms with E-state index in [1.54, 1.807) is 12.1 Å². The molecule has 2 aromatic rings. The minimum Gasteiger partial charge on any atom is -0.508 e. The third kappa shape index (κ3) is 2.80. The molecule has 0 atom stereocenters. The van der Waals surface area contributed by atoms with Crippen molar-refractivity contribution in [1.29, 1.82) is 0 Å². The Morgan fingerprint density at radius 1 is 0.778 bits per heavy atom. The molecule has 0 fully saturated rings. The zero-order valence-corrected chi connectivity index (χ0v) is 11.1. The van der Waals surface area contributed by atoms with Crippen LogP contribution in [0, 0.1) is 20.8 Å². The molecule has 0 saturated heterocycles. The summed E-state index contributed by atoms with van der Waals surface area (Å²) in [5, 5.41) is 9.22. The predicted octanol–water partition coefficient (Wildman–Crippen LogP) is 4.49. The van der Waals surface area contributed by atoms with E-state index in [0.717, 1.165) is 5.56 Å². The zero-order valence-electron chi connectivity index (χ0n) is 11.1. The number of phenolic OH excluding ortho intramolecular Hbond substituents is 1. The highest BCUT2D eigenvalue weighted by molar-refractivity contribution is 5.70. The van der Waals surface area contributed by atoms with E-state index in [1.807, 2.05) is 12.1 Å². The third-order valence-electron chi connectivity index (χ3n) is 3.31. The van der Waals surface area contributed by atoms with E-state index in [-0.39, 0.29) is 0 Å². The summed E-state index contributed by atoms with van der Waals surface area (Å²) in [5.41, 5.74) is 6.30. The maximum atomic E-state index is 9.22. The molecule has 0 radical (unpaired) electrons. The fourth-order valence-corrected chi connectivity index (χ4v) is 1.94. The standard InChI is InChI=1S/C17H18O/c1-12-10-16(11-13(2)14(12)3)5-4-15-6-8-17(18)9-7-15/h4-11,18H,1-3H3/b5-4+. The van der Waals surface area contributed by atoms with Gasteiger partial charge in [0.25, 0.3) is 0 Å². The van der Waals surface area contributed by atoms with Crippen LogP contribution in [0.1, 0.15) is 27.8 Å². The van der Waals surface area contributed by atoms with Gasteiger partial charge >= 0.3 is 0 Å². The average molecular weight is 238 g/mol. The molecule has 18 heavy (non-hydrogen) atoms. The molecule has 0 aliphatic rings.